The number of carbonyl (C=O) groups excluding carboxylic acids is 1. The Hall–Kier alpha value is -2.31. The number of nitrogens with zero attached hydrogens (tertiary/aromatic N) is 2. The summed E-state index contributed by atoms with van der Waals surface area (Å²) in [6.07, 6.45) is 4.41. The number of halogens is 1. The Labute approximate surface area is 172 Å². The quantitative estimate of drug-likeness (QED) is 0.503. The maximum atomic E-state index is 13.2. The van der Waals surface area contributed by atoms with E-state index < -0.39 is 0 Å². The molecular weight excluding hydrogens is 394 g/mol. The second kappa shape index (κ2) is 8.37. The molecule has 1 N–H and O–H groups in total. The minimum atomic E-state index is -0.174. The molecule has 1 heterocycles. The van der Waals surface area contributed by atoms with Crippen molar-refractivity contribution in [2.45, 2.75) is 36.9 Å². The highest BCUT2D eigenvalue weighted by Crippen LogP contribution is 2.23. The molecule has 1 aliphatic carbocycles. The lowest BCUT2D eigenvalue weighted by atomic mass is 10.2. The topological polar surface area (TPSA) is 64.0 Å². The fourth-order valence-corrected chi connectivity index (χ4v) is 4.53. The lowest BCUT2D eigenvalue weighted by molar-refractivity contribution is -0.119. The molecule has 4 rings (SSSR count). The van der Waals surface area contributed by atoms with E-state index in [4.69, 9.17) is 11.6 Å². The first kappa shape index (κ1) is 19.0. The van der Waals surface area contributed by atoms with E-state index in [1.54, 1.807) is 24.3 Å². The van der Waals surface area contributed by atoms with Crippen LogP contribution in [0.15, 0.2) is 58.5 Å². The van der Waals surface area contributed by atoms with Crippen molar-refractivity contribution in [3.05, 3.63) is 63.9 Å². The SMILES string of the molecule is O=C(CSc1nc2ccccc2c(=O)n1-c1cccc(Cl)c1)NC1CCCC1. The summed E-state index contributed by atoms with van der Waals surface area (Å²) < 4.78 is 1.53. The Bertz CT molecular complexity index is 1080. The van der Waals surface area contributed by atoms with Gasteiger partial charge in [-0.25, -0.2) is 4.98 Å². The van der Waals surface area contributed by atoms with Crippen LogP contribution in [0.2, 0.25) is 5.02 Å². The molecule has 0 aliphatic heterocycles. The van der Waals surface area contributed by atoms with Gasteiger partial charge in [-0.15, -0.1) is 0 Å². The van der Waals surface area contributed by atoms with Crippen LogP contribution < -0.4 is 10.9 Å². The molecule has 1 aliphatic rings. The predicted molar refractivity (Wildman–Crippen MR) is 113 cm³/mol. The van der Waals surface area contributed by atoms with Crippen molar-refractivity contribution in [2.24, 2.45) is 0 Å². The molecule has 5 nitrogen and oxygen atoms in total. The van der Waals surface area contributed by atoms with Gasteiger partial charge in [0.25, 0.3) is 5.56 Å². The normalized spacial score (nSPS) is 14.5. The van der Waals surface area contributed by atoms with Crippen LogP contribution in [0.3, 0.4) is 0 Å². The van der Waals surface area contributed by atoms with Gasteiger partial charge in [-0.05, 0) is 43.2 Å². The van der Waals surface area contributed by atoms with Crippen LogP contribution in [0.4, 0.5) is 0 Å². The number of thioether (sulfide) groups is 1. The minimum absolute atomic E-state index is 0.0306. The summed E-state index contributed by atoms with van der Waals surface area (Å²) in [7, 11) is 0. The Morgan fingerprint density at radius 1 is 1.18 bits per heavy atom. The van der Waals surface area contributed by atoms with Crippen molar-refractivity contribution in [2.75, 3.05) is 5.75 Å². The number of rotatable bonds is 5. The molecule has 2 aromatic carbocycles. The summed E-state index contributed by atoms with van der Waals surface area (Å²) in [6.45, 7) is 0. The van der Waals surface area contributed by atoms with E-state index in [2.05, 4.69) is 10.3 Å². The Kier molecular flexibility index (Phi) is 5.69. The van der Waals surface area contributed by atoms with Crippen LogP contribution in [0.1, 0.15) is 25.7 Å². The van der Waals surface area contributed by atoms with Gasteiger partial charge in [0.1, 0.15) is 0 Å². The molecular formula is C21H20ClN3O2S. The molecule has 1 fully saturated rings. The van der Waals surface area contributed by atoms with Crippen molar-refractivity contribution in [1.82, 2.24) is 14.9 Å². The highest BCUT2D eigenvalue weighted by atomic mass is 35.5. The molecule has 0 spiro atoms. The first-order chi connectivity index (χ1) is 13.6. The average Bonchev–Trinajstić information content (AvgIpc) is 3.19. The summed E-state index contributed by atoms with van der Waals surface area (Å²) in [5, 5.41) is 4.62. The Morgan fingerprint density at radius 3 is 2.75 bits per heavy atom. The number of benzene rings is 2. The number of carbonyl (C=O) groups is 1. The van der Waals surface area contributed by atoms with Gasteiger partial charge in [0, 0.05) is 11.1 Å². The number of hydrogen-bond donors (Lipinski definition) is 1. The molecule has 28 heavy (non-hydrogen) atoms. The van der Waals surface area contributed by atoms with Crippen molar-refractivity contribution < 1.29 is 4.79 Å². The fourth-order valence-electron chi connectivity index (χ4n) is 3.52. The second-order valence-corrected chi connectivity index (χ2v) is 8.25. The maximum absolute atomic E-state index is 13.2. The standard InChI is InChI=1S/C21H20ClN3O2S/c22-14-6-5-9-16(12-14)25-20(27)17-10-3-4-11-18(17)24-21(25)28-13-19(26)23-15-7-1-2-8-15/h3-6,9-12,15H,1-2,7-8,13H2,(H,23,26). The molecule has 7 heteroatoms. The zero-order valence-electron chi connectivity index (χ0n) is 15.2. The smallest absolute Gasteiger partial charge is 0.266 e. The summed E-state index contributed by atoms with van der Waals surface area (Å²) in [5.41, 5.74) is 1.07. The van der Waals surface area contributed by atoms with Crippen LogP contribution in [0, 0.1) is 0 Å². The van der Waals surface area contributed by atoms with E-state index >= 15 is 0 Å². The van der Waals surface area contributed by atoms with E-state index in [1.165, 1.54) is 29.2 Å². The van der Waals surface area contributed by atoms with Gasteiger partial charge in [0.2, 0.25) is 5.91 Å². The maximum Gasteiger partial charge on any atom is 0.266 e. The number of hydrogen-bond acceptors (Lipinski definition) is 4. The first-order valence-electron chi connectivity index (χ1n) is 9.32. The van der Waals surface area contributed by atoms with Gasteiger partial charge in [-0.2, -0.15) is 0 Å². The van der Waals surface area contributed by atoms with Crippen LogP contribution in [0.25, 0.3) is 16.6 Å². The molecule has 1 saturated carbocycles. The first-order valence-corrected chi connectivity index (χ1v) is 10.7. The molecule has 0 saturated heterocycles. The van der Waals surface area contributed by atoms with E-state index in [1.807, 2.05) is 24.3 Å². The van der Waals surface area contributed by atoms with Gasteiger partial charge >= 0.3 is 0 Å². The van der Waals surface area contributed by atoms with Crippen molar-refractivity contribution >= 4 is 40.2 Å². The summed E-state index contributed by atoms with van der Waals surface area (Å²) in [5.74, 6) is 0.180. The van der Waals surface area contributed by atoms with E-state index in [0.29, 0.717) is 26.8 Å². The highest BCUT2D eigenvalue weighted by Gasteiger charge is 2.19. The van der Waals surface area contributed by atoms with Gasteiger partial charge in [-0.1, -0.05) is 54.4 Å². The largest absolute Gasteiger partial charge is 0.353 e. The van der Waals surface area contributed by atoms with Crippen LogP contribution in [0.5, 0.6) is 0 Å². The zero-order valence-corrected chi connectivity index (χ0v) is 16.8. The van der Waals surface area contributed by atoms with Gasteiger partial charge in [0.15, 0.2) is 5.16 Å². The van der Waals surface area contributed by atoms with Gasteiger partial charge < -0.3 is 5.32 Å². The summed E-state index contributed by atoms with van der Waals surface area (Å²) >= 11 is 7.40. The van der Waals surface area contributed by atoms with Gasteiger partial charge in [0.05, 0.1) is 22.3 Å². The van der Waals surface area contributed by atoms with E-state index in [0.717, 1.165) is 12.8 Å². The van der Waals surface area contributed by atoms with Crippen molar-refractivity contribution in [1.29, 1.82) is 0 Å². The van der Waals surface area contributed by atoms with Crippen LogP contribution >= 0.6 is 23.4 Å². The molecule has 1 amide bonds. The molecule has 144 valence electrons. The summed E-state index contributed by atoms with van der Waals surface area (Å²) in [4.78, 5) is 30.2. The average molecular weight is 414 g/mol. The fraction of sp³-hybridized carbons (Fsp3) is 0.286. The lowest BCUT2D eigenvalue weighted by Gasteiger charge is -2.15. The number of aromatic nitrogens is 2. The second-order valence-electron chi connectivity index (χ2n) is 6.87. The molecule has 3 aromatic rings. The predicted octanol–water partition coefficient (Wildman–Crippen LogP) is 4.19. The lowest BCUT2D eigenvalue weighted by Crippen LogP contribution is -2.34. The number of para-hydroxylation sites is 1. The number of amides is 1. The van der Waals surface area contributed by atoms with Gasteiger partial charge in [-0.3, -0.25) is 14.2 Å². The number of nitrogens with one attached hydrogen (secondary N) is 1. The van der Waals surface area contributed by atoms with Crippen LogP contribution in [-0.2, 0) is 4.79 Å². The summed E-state index contributed by atoms with van der Waals surface area (Å²) in [6, 6.07) is 14.6. The molecule has 0 atom stereocenters. The monoisotopic (exact) mass is 413 g/mol. The van der Waals surface area contributed by atoms with E-state index in [9.17, 15) is 9.59 Å². The molecule has 0 bridgehead atoms. The zero-order chi connectivity index (χ0) is 19.5. The number of fused-ring (bicyclic) bond motifs is 1. The molecule has 1 aromatic heterocycles. The molecule has 0 radical (unpaired) electrons. The van der Waals surface area contributed by atoms with Crippen LogP contribution in [-0.4, -0.2) is 27.3 Å². The Morgan fingerprint density at radius 2 is 1.96 bits per heavy atom. The van der Waals surface area contributed by atoms with Crippen molar-refractivity contribution in [3.63, 3.8) is 0 Å². The minimum Gasteiger partial charge on any atom is -0.353 e. The van der Waals surface area contributed by atoms with E-state index in [-0.39, 0.29) is 23.3 Å². The van der Waals surface area contributed by atoms with Crippen molar-refractivity contribution in [3.8, 4) is 5.69 Å². The third kappa shape index (κ3) is 4.08. The Balaban J connectivity index is 1.68. The highest BCUT2D eigenvalue weighted by molar-refractivity contribution is 7.99. The third-order valence-corrected chi connectivity index (χ3v) is 6.04. The molecule has 0 unspecified atom stereocenters. The third-order valence-electron chi connectivity index (χ3n) is 4.86.